The second-order valence-electron chi connectivity index (χ2n) is 6.07. The molecule has 108 valence electrons. The third kappa shape index (κ3) is 8.25. The van der Waals surface area contributed by atoms with Crippen LogP contribution in [-0.2, 0) is 11.3 Å². The molecule has 0 radical (unpaired) electrons. The van der Waals surface area contributed by atoms with Crippen LogP contribution in [0.15, 0.2) is 24.3 Å². The van der Waals surface area contributed by atoms with Gasteiger partial charge in [0.05, 0.1) is 12.7 Å². The molecule has 0 saturated heterocycles. The average Bonchev–Trinajstić information content (AvgIpc) is 2.33. The van der Waals surface area contributed by atoms with Crippen molar-refractivity contribution in [3.05, 3.63) is 34.9 Å². The van der Waals surface area contributed by atoms with Gasteiger partial charge >= 0.3 is 0 Å². The fourth-order valence-electron chi connectivity index (χ4n) is 1.76. The van der Waals surface area contributed by atoms with Gasteiger partial charge in [0.2, 0.25) is 0 Å². The zero-order valence-electron chi connectivity index (χ0n) is 12.5. The van der Waals surface area contributed by atoms with Crippen molar-refractivity contribution in [3.63, 3.8) is 0 Å². The van der Waals surface area contributed by atoms with E-state index in [1.807, 2.05) is 24.3 Å². The lowest BCUT2D eigenvalue weighted by molar-refractivity contribution is 0.0461. The summed E-state index contributed by atoms with van der Waals surface area (Å²) in [6.07, 6.45) is 2.51. The first-order valence-corrected chi connectivity index (χ1v) is 7.36. The number of rotatable bonds is 7. The second kappa shape index (κ2) is 7.88. The van der Waals surface area contributed by atoms with Crippen LogP contribution < -0.4 is 5.32 Å². The summed E-state index contributed by atoms with van der Waals surface area (Å²) in [7, 11) is 0. The molecule has 1 aromatic rings. The summed E-state index contributed by atoms with van der Waals surface area (Å²) in [5.41, 5.74) is 1.37. The molecular weight excluding hydrogens is 258 g/mol. The molecule has 0 heterocycles. The third-order valence-corrected chi connectivity index (χ3v) is 3.14. The molecule has 3 heteroatoms. The van der Waals surface area contributed by atoms with Crippen molar-refractivity contribution >= 4 is 11.6 Å². The molecule has 0 aromatic heterocycles. The maximum Gasteiger partial charge on any atom is 0.0720 e. The van der Waals surface area contributed by atoms with Crippen LogP contribution in [0.1, 0.15) is 46.1 Å². The Morgan fingerprint density at radius 2 is 1.84 bits per heavy atom. The van der Waals surface area contributed by atoms with Crippen molar-refractivity contribution in [2.75, 3.05) is 6.54 Å². The Hall–Kier alpha value is -0.570. The Labute approximate surface area is 122 Å². The van der Waals surface area contributed by atoms with E-state index >= 15 is 0 Å². The predicted octanol–water partition coefficient (Wildman–Crippen LogP) is 4.41. The van der Waals surface area contributed by atoms with Gasteiger partial charge in [0.1, 0.15) is 0 Å². The lowest BCUT2D eigenvalue weighted by Crippen LogP contribution is -2.36. The molecule has 0 saturated carbocycles. The predicted molar refractivity (Wildman–Crippen MR) is 82.7 cm³/mol. The fourth-order valence-corrected chi connectivity index (χ4v) is 1.88. The lowest BCUT2D eigenvalue weighted by atomic mass is 10.1. The quantitative estimate of drug-likeness (QED) is 0.748. The number of ether oxygens (including phenoxy) is 1. The van der Waals surface area contributed by atoms with E-state index in [0.29, 0.717) is 6.61 Å². The maximum absolute atomic E-state index is 5.85. The van der Waals surface area contributed by atoms with Crippen LogP contribution in [0.2, 0.25) is 5.02 Å². The average molecular weight is 284 g/mol. The highest BCUT2D eigenvalue weighted by atomic mass is 35.5. The minimum Gasteiger partial charge on any atom is -0.374 e. The standard InChI is InChI=1S/C16H26ClNO/c1-13(6-5-11-18-16(2,3)4)19-12-14-7-9-15(17)10-8-14/h7-10,13,18H,5-6,11-12H2,1-4H3. The molecule has 2 nitrogen and oxygen atoms in total. The molecule has 19 heavy (non-hydrogen) atoms. The zero-order chi connectivity index (χ0) is 14.3. The Morgan fingerprint density at radius 1 is 1.21 bits per heavy atom. The number of nitrogens with one attached hydrogen (secondary N) is 1. The third-order valence-electron chi connectivity index (χ3n) is 2.89. The van der Waals surface area contributed by atoms with Crippen molar-refractivity contribution in [1.82, 2.24) is 5.32 Å². The second-order valence-corrected chi connectivity index (χ2v) is 6.50. The Morgan fingerprint density at radius 3 is 2.42 bits per heavy atom. The molecule has 1 unspecified atom stereocenters. The van der Waals surface area contributed by atoms with E-state index in [1.165, 1.54) is 5.56 Å². The highest BCUT2D eigenvalue weighted by molar-refractivity contribution is 6.30. The van der Waals surface area contributed by atoms with Gasteiger partial charge in [0, 0.05) is 10.6 Å². The number of benzene rings is 1. The highest BCUT2D eigenvalue weighted by Gasteiger charge is 2.08. The lowest BCUT2D eigenvalue weighted by Gasteiger charge is -2.21. The van der Waals surface area contributed by atoms with Crippen molar-refractivity contribution in [2.24, 2.45) is 0 Å². The fraction of sp³-hybridized carbons (Fsp3) is 0.625. The normalized spacial score (nSPS) is 13.5. The Balaban J connectivity index is 2.14. The summed E-state index contributed by atoms with van der Waals surface area (Å²) in [6.45, 7) is 10.4. The molecule has 1 rings (SSSR count). The molecule has 1 aromatic carbocycles. The van der Waals surface area contributed by atoms with Gasteiger partial charge in [-0.25, -0.2) is 0 Å². The first-order valence-electron chi connectivity index (χ1n) is 6.98. The number of hydrogen-bond acceptors (Lipinski definition) is 2. The van der Waals surface area contributed by atoms with E-state index in [1.54, 1.807) is 0 Å². The van der Waals surface area contributed by atoms with E-state index in [2.05, 4.69) is 33.0 Å². The molecular formula is C16H26ClNO. The summed E-state index contributed by atoms with van der Waals surface area (Å²) in [5, 5.41) is 4.26. The Kier molecular flexibility index (Phi) is 6.84. The first kappa shape index (κ1) is 16.5. The minimum atomic E-state index is 0.202. The minimum absolute atomic E-state index is 0.202. The van der Waals surface area contributed by atoms with Crippen LogP contribution in [0.3, 0.4) is 0 Å². The van der Waals surface area contributed by atoms with Crippen LogP contribution in [-0.4, -0.2) is 18.2 Å². The van der Waals surface area contributed by atoms with E-state index in [4.69, 9.17) is 16.3 Å². The van der Waals surface area contributed by atoms with Gasteiger partial charge in [-0.1, -0.05) is 23.7 Å². The van der Waals surface area contributed by atoms with E-state index in [9.17, 15) is 0 Å². The Bertz CT molecular complexity index is 356. The van der Waals surface area contributed by atoms with Gasteiger partial charge < -0.3 is 10.1 Å². The molecule has 0 aliphatic heterocycles. The van der Waals surface area contributed by atoms with Gasteiger partial charge in [-0.2, -0.15) is 0 Å². The van der Waals surface area contributed by atoms with Crippen molar-refractivity contribution in [3.8, 4) is 0 Å². The first-order chi connectivity index (χ1) is 8.87. The van der Waals surface area contributed by atoms with Gasteiger partial charge in [-0.05, 0) is 64.8 Å². The van der Waals surface area contributed by atoms with Crippen molar-refractivity contribution < 1.29 is 4.74 Å². The number of halogens is 1. The molecule has 0 aliphatic carbocycles. The molecule has 0 amide bonds. The topological polar surface area (TPSA) is 21.3 Å². The van der Waals surface area contributed by atoms with Crippen LogP contribution in [0.4, 0.5) is 0 Å². The summed E-state index contributed by atoms with van der Waals surface area (Å²) in [4.78, 5) is 0. The SMILES string of the molecule is CC(CCCNC(C)(C)C)OCc1ccc(Cl)cc1. The van der Waals surface area contributed by atoms with Crippen LogP contribution in [0.25, 0.3) is 0 Å². The van der Waals surface area contributed by atoms with E-state index in [-0.39, 0.29) is 11.6 Å². The maximum atomic E-state index is 5.85. The van der Waals surface area contributed by atoms with Gasteiger partial charge in [0.15, 0.2) is 0 Å². The van der Waals surface area contributed by atoms with E-state index < -0.39 is 0 Å². The monoisotopic (exact) mass is 283 g/mol. The summed E-state index contributed by atoms with van der Waals surface area (Å²) in [5.74, 6) is 0. The molecule has 1 N–H and O–H groups in total. The molecule has 1 atom stereocenters. The van der Waals surface area contributed by atoms with Crippen molar-refractivity contribution in [1.29, 1.82) is 0 Å². The van der Waals surface area contributed by atoms with E-state index in [0.717, 1.165) is 24.4 Å². The zero-order valence-corrected chi connectivity index (χ0v) is 13.3. The van der Waals surface area contributed by atoms with Crippen LogP contribution in [0.5, 0.6) is 0 Å². The largest absolute Gasteiger partial charge is 0.374 e. The summed E-state index contributed by atoms with van der Waals surface area (Å²) in [6, 6.07) is 7.82. The highest BCUT2D eigenvalue weighted by Crippen LogP contribution is 2.12. The molecule has 0 bridgehead atoms. The summed E-state index contributed by atoms with van der Waals surface area (Å²) >= 11 is 5.85. The van der Waals surface area contributed by atoms with Crippen molar-refractivity contribution in [2.45, 2.75) is 58.8 Å². The van der Waals surface area contributed by atoms with Gasteiger partial charge in [-0.15, -0.1) is 0 Å². The number of hydrogen-bond donors (Lipinski definition) is 1. The van der Waals surface area contributed by atoms with Gasteiger partial charge in [-0.3, -0.25) is 0 Å². The van der Waals surface area contributed by atoms with Gasteiger partial charge in [0.25, 0.3) is 0 Å². The van der Waals surface area contributed by atoms with Crippen LogP contribution >= 0.6 is 11.6 Å². The molecule has 0 fully saturated rings. The molecule has 0 spiro atoms. The smallest absolute Gasteiger partial charge is 0.0720 e. The summed E-state index contributed by atoms with van der Waals surface area (Å²) < 4.78 is 5.83. The molecule has 0 aliphatic rings. The van der Waals surface area contributed by atoms with Crippen LogP contribution in [0, 0.1) is 0 Å².